The van der Waals surface area contributed by atoms with Gasteiger partial charge in [0, 0.05) is 49.4 Å². The van der Waals surface area contributed by atoms with Gasteiger partial charge in [-0.15, -0.1) is 0 Å². The molecule has 0 unspecified atom stereocenters. The van der Waals surface area contributed by atoms with E-state index in [1.165, 1.54) is 44.5 Å². The number of hydrogen-bond donors (Lipinski definition) is 4. The number of methoxy groups -OCH3 is 1. The van der Waals surface area contributed by atoms with Crippen LogP contribution in [0.5, 0.6) is 0 Å². The van der Waals surface area contributed by atoms with E-state index < -0.39 is 27.6 Å². The summed E-state index contributed by atoms with van der Waals surface area (Å²) < 4.78 is 71.9. The van der Waals surface area contributed by atoms with Crippen molar-refractivity contribution in [1.82, 2.24) is 20.3 Å². The lowest BCUT2D eigenvalue weighted by molar-refractivity contribution is -0.137. The molecule has 3 aromatic rings. The van der Waals surface area contributed by atoms with Gasteiger partial charge in [-0.05, 0) is 37.3 Å². The van der Waals surface area contributed by atoms with E-state index in [1.54, 1.807) is 12.1 Å². The maximum Gasteiger partial charge on any atom is 0.421 e. The zero-order chi connectivity index (χ0) is 27.8. The fourth-order valence-electron chi connectivity index (χ4n) is 3.06. The minimum atomic E-state index is -4.75. The summed E-state index contributed by atoms with van der Waals surface area (Å²) in [6, 6.07) is 9.24. The van der Waals surface area contributed by atoms with E-state index in [0.717, 1.165) is 0 Å². The van der Waals surface area contributed by atoms with Gasteiger partial charge in [0.05, 0.1) is 12.4 Å². The molecule has 4 N–H and O–H groups in total. The maximum atomic E-state index is 13.6. The Morgan fingerprint density at radius 1 is 1.08 bits per heavy atom. The first kappa shape index (κ1) is 28.6. The van der Waals surface area contributed by atoms with E-state index in [0.29, 0.717) is 36.2 Å². The predicted molar refractivity (Wildman–Crippen MR) is 136 cm³/mol. The van der Waals surface area contributed by atoms with E-state index in [1.807, 2.05) is 0 Å². The fraction of sp³-hybridized carbons (Fsp3) is 0.304. The van der Waals surface area contributed by atoms with Crippen LogP contribution in [-0.4, -0.2) is 55.3 Å². The zero-order valence-electron chi connectivity index (χ0n) is 20.5. The molecule has 38 heavy (non-hydrogen) atoms. The Hall–Kier alpha value is -3.98. The third kappa shape index (κ3) is 8.01. The Labute approximate surface area is 217 Å². The van der Waals surface area contributed by atoms with Crippen LogP contribution >= 0.6 is 0 Å². The number of pyridine rings is 1. The van der Waals surface area contributed by atoms with Crippen LogP contribution in [0.4, 0.5) is 36.4 Å². The molecule has 0 saturated carbocycles. The molecule has 0 aliphatic rings. The number of benzene rings is 1. The van der Waals surface area contributed by atoms with Gasteiger partial charge in [-0.2, -0.15) is 18.2 Å². The maximum absolute atomic E-state index is 13.6. The zero-order valence-corrected chi connectivity index (χ0v) is 21.3. The molecule has 15 heteroatoms. The van der Waals surface area contributed by atoms with Crippen molar-refractivity contribution in [3.8, 4) is 0 Å². The second kappa shape index (κ2) is 12.5. The highest BCUT2D eigenvalue weighted by molar-refractivity contribution is 7.92. The third-order valence-electron chi connectivity index (χ3n) is 5.06. The molecule has 0 bridgehead atoms. The number of nitrogens with one attached hydrogen (secondary N) is 4. The number of hydrogen-bond acceptors (Lipinski definition) is 9. The molecule has 11 nitrogen and oxygen atoms in total. The van der Waals surface area contributed by atoms with E-state index in [9.17, 15) is 26.4 Å². The van der Waals surface area contributed by atoms with Crippen LogP contribution in [0.3, 0.4) is 0 Å². The number of nitrogens with zero attached hydrogens (tertiary/aromatic N) is 3. The van der Waals surface area contributed by atoms with Gasteiger partial charge in [0.1, 0.15) is 17.2 Å². The lowest BCUT2D eigenvalue weighted by Gasteiger charge is -2.16. The molecule has 0 saturated heterocycles. The first-order valence-corrected chi connectivity index (χ1v) is 12.9. The first-order valence-electron chi connectivity index (χ1n) is 11.3. The van der Waals surface area contributed by atoms with Crippen LogP contribution < -0.4 is 20.7 Å². The average molecular weight is 554 g/mol. The minimum Gasteiger partial charge on any atom is -0.383 e. The number of amides is 1. The van der Waals surface area contributed by atoms with Gasteiger partial charge in [0.15, 0.2) is 0 Å². The minimum absolute atomic E-state index is 0.00541. The molecular weight excluding hydrogens is 527 g/mol. The highest BCUT2D eigenvalue weighted by Gasteiger charge is 2.35. The molecular formula is C23H26F3N7O4S. The van der Waals surface area contributed by atoms with Gasteiger partial charge in [0.25, 0.3) is 5.91 Å². The van der Waals surface area contributed by atoms with Crippen LogP contribution in [0.1, 0.15) is 28.4 Å². The van der Waals surface area contributed by atoms with Crippen molar-refractivity contribution in [3.05, 3.63) is 65.5 Å². The van der Waals surface area contributed by atoms with Crippen LogP contribution in [0, 0.1) is 0 Å². The molecule has 204 valence electrons. The summed E-state index contributed by atoms with van der Waals surface area (Å²) in [7, 11) is -2.13. The molecule has 0 aliphatic carbocycles. The van der Waals surface area contributed by atoms with Crippen molar-refractivity contribution in [2.45, 2.75) is 19.6 Å². The molecule has 0 radical (unpaired) electrons. The van der Waals surface area contributed by atoms with Crippen LogP contribution in [0.2, 0.25) is 0 Å². The van der Waals surface area contributed by atoms with Crippen LogP contribution in [0.15, 0.2) is 48.8 Å². The van der Waals surface area contributed by atoms with Crippen molar-refractivity contribution in [1.29, 1.82) is 0 Å². The number of rotatable bonds is 12. The molecule has 3 rings (SSSR count). The topological polar surface area (TPSA) is 147 Å². The Balaban J connectivity index is 1.78. The highest BCUT2D eigenvalue weighted by atomic mass is 32.2. The Morgan fingerprint density at radius 2 is 1.82 bits per heavy atom. The largest absolute Gasteiger partial charge is 0.421 e. The molecule has 0 atom stereocenters. The summed E-state index contributed by atoms with van der Waals surface area (Å²) in [5.41, 5.74) is 0.0248. The molecule has 0 spiro atoms. The van der Waals surface area contributed by atoms with Crippen molar-refractivity contribution < 1.29 is 31.1 Å². The van der Waals surface area contributed by atoms with Gasteiger partial charge < -0.3 is 20.7 Å². The van der Waals surface area contributed by atoms with Gasteiger partial charge in [-0.3, -0.25) is 9.52 Å². The van der Waals surface area contributed by atoms with Gasteiger partial charge in [0.2, 0.25) is 16.0 Å². The summed E-state index contributed by atoms with van der Waals surface area (Å²) in [6.45, 7) is 1.94. The average Bonchev–Trinajstić information content (AvgIpc) is 2.88. The number of halogens is 3. The standard InChI is InChI=1S/C23H26F3N7O4S/c1-3-38(35,36)33-19-16(5-4-10-27-19)13-29-20-18(23(24,25)26)14-30-22(32-20)31-17-8-6-15(7-9-17)21(34)28-11-12-37-2/h4-10,14H,3,11-13H2,1-2H3,(H,27,33)(H,28,34)(H2,29,30,31,32). The van der Waals surface area contributed by atoms with E-state index in [4.69, 9.17) is 4.74 Å². The van der Waals surface area contributed by atoms with E-state index in [2.05, 4.69) is 35.6 Å². The molecule has 2 heterocycles. The van der Waals surface area contributed by atoms with Crippen molar-refractivity contribution >= 4 is 39.2 Å². The van der Waals surface area contributed by atoms with Crippen molar-refractivity contribution in [2.75, 3.05) is 41.4 Å². The lowest BCUT2D eigenvalue weighted by atomic mass is 10.2. The monoisotopic (exact) mass is 553 g/mol. The smallest absolute Gasteiger partial charge is 0.383 e. The quantitative estimate of drug-likeness (QED) is 0.248. The molecule has 1 aromatic carbocycles. The predicted octanol–water partition coefficient (Wildman–Crippen LogP) is 3.38. The lowest BCUT2D eigenvalue weighted by Crippen LogP contribution is -2.26. The second-order valence-electron chi connectivity index (χ2n) is 7.77. The van der Waals surface area contributed by atoms with Crippen molar-refractivity contribution in [3.63, 3.8) is 0 Å². The van der Waals surface area contributed by atoms with Crippen LogP contribution in [-0.2, 0) is 27.5 Å². The van der Waals surface area contributed by atoms with Crippen molar-refractivity contribution in [2.24, 2.45) is 0 Å². The molecule has 0 fully saturated rings. The molecule has 2 aromatic heterocycles. The van der Waals surface area contributed by atoms with E-state index in [-0.39, 0.29) is 30.0 Å². The number of ether oxygens (including phenoxy) is 1. The normalized spacial score (nSPS) is 11.6. The van der Waals surface area contributed by atoms with Gasteiger partial charge in [-0.25, -0.2) is 18.4 Å². The van der Waals surface area contributed by atoms with E-state index >= 15 is 0 Å². The summed E-state index contributed by atoms with van der Waals surface area (Å²) in [4.78, 5) is 23.8. The molecule has 0 aliphatic heterocycles. The first-order chi connectivity index (χ1) is 18.0. The van der Waals surface area contributed by atoms with Gasteiger partial charge >= 0.3 is 6.18 Å². The number of alkyl halides is 3. The molecule has 1 amide bonds. The summed E-state index contributed by atoms with van der Waals surface area (Å²) in [5.74, 6) is -1.15. The number of carbonyl (C=O) groups excluding carboxylic acids is 1. The Morgan fingerprint density at radius 3 is 2.47 bits per heavy atom. The Bertz CT molecular complexity index is 1350. The SMILES string of the molecule is CCS(=O)(=O)Nc1ncccc1CNc1nc(Nc2ccc(C(=O)NCCOC)cc2)ncc1C(F)(F)F. The number of carbonyl (C=O) groups is 1. The summed E-state index contributed by atoms with van der Waals surface area (Å²) >= 11 is 0. The second-order valence-corrected chi connectivity index (χ2v) is 9.79. The summed E-state index contributed by atoms with van der Waals surface area (Å²) in [6.07, 6.45) is -2.75. The summed E-state index contributed by atoms with van der Waals surface area (Å²) in [5, 5.41) is 8.09. The Kier molecular flexibility index (Phi) is 9.41. The fourth-order valence-corrected chi connectivity index (χ4v) is 3.68. The third-order valence-corrected chi connectivity index (χ3v) is 6.32. The number of anilines is 4. The van der Waals surface area contributed by atoms with Crippen LogP contribution in [0.25, 0.3) is 0 Å². The van der Waals surface area contributed by atoms with Gasteiger partial charge in [-0.1, -0.05) is 6.07 Å². The number of aromatic nitrogens is 3. The highest BCUT2D eigenvalue weighted by Crippen LogP contribution is 2.34. The number of sulfonamides is 1.